The number of nitrogens with two attached hydrogens (primary N) is 1. The minimum Gasteiger partial charge on any atom is -0.324 e. The molecule has 2 aromatic rings. The Morgan fingerprint density at radius 1 is 1.24 bits per heavy atom. The number of anilines is 3. The van der Waals surface area contributed by atoms with Gasteiger partial charge in [0.15, 0.2) is 0 Å². The van der Waals surface area contributed by atoms with Crippen LogP contribution >= 0.6 is 0 Å². The zero-order chi connectivity index (χ0) is 15.4. The van der Waals surface area contributed by atoms with Crippen LogP contribution in [0.25, 0.3) is 0 Å². The lowest BCUT2D eigenvalue weighted by atomic mass is 10.2. The fraction of sp³-hybridized carbons (Fsp3) is 0.333. The molecule has 1 heterocycles. The van der Waals surface area contributed by atoms with Crippen molar-refractivity contribution in [1.29, 1.82) is 0 Å². The van der Waals surface area contributed by atoms with Gasteiger partial charge in [0.25, 0.3) is 0 Å². The molecule has 0 saturated carbocycles. The largest absolute Gasteiger partial charge is 0.324 e. The molecule has 0 bridgehead atoms. The van der Waals surface area contributed by atoms with E-state index in [1.165, 1.54) is 6.07 Å². The first-order valence-corrected chi connectivity index (χ1v) is 6.98. The van der Waals surface area contributed by atoms with Gasteiger partial charge in [0.1, 0.15) is 23.3 Å². The molecule has 0 atom stereocenters. The molecule has 0 spiro atoms. The van der Waals surface area contributed by atoms with Gasteiger partial charge in [-0.2, -0.15) is 0 Å². The number of nitrogens with one attached hydrogen (secondary N) is 1. The highest BCUT2D eigenvalue weighted by Crippen LogP contribution is 2.31. The highest BCUT2D eigenvalue weighted by Gasteiger charge is 2.18. The number of aryl methyl sites for hydroxylation is 1. The number of nitrogen functional groups attached to an aromatic ring is 1. The molecule has 0 amide bonds. The standard InChI is InChI=1S/C15H20FN5/c1-4-13-18-14(20-17)10(3)15(19-13)21(5-2)12-9-7-6-8-11(12)16/h6-9H,4-5,17H2,1-3H3,(H,18,19,20). The van der Waals surface area contributed by atoms with E-state index in [0.29, 0.717) is 36.1 Å². The molecular formula is C15H20FN5. The topological polar surface area (TPSA) is 67.1 Å². The van der Waals surface area contributed by atoms with Gasteiger partial charge in [0.05, 0.1) is 5.69 Å². The maximum Gasteiger partial charge on any atom is 0.148 e. The summed E-state index contributed by atoms with van der Waals surface area (Å²) < 4.78 is 14.1. The van der Waals surface area contributed by atoms with Crippen LogP contribution < -0.4 is 16.2 Å². The Hall–Kier alpha value is -2.21. The fourth-order valence-corrected chi connectivity index (χ4v) is 2.22. The second-order valence-corrected chi connectivity index (χ2v) is 4.63. The van der Waals surface area contributed by atoms with Crippen molar-refractivity contribution in [2.24, 2.45) is 5.84 Å². The summed E-state index contributed by atoms with van der Waals surface area (Å²) in [7, 11) is 0. The summed E-state index contributed by atoms with van der Waals surface area (Å²) in [6.45, 7) is 6.38. The predicted octanol–water partition coefficient (Wildman–Crippen LogP) is 2.93. The number of nitrogens with zero attached hydrogens (tertiary/aromatic N) is 3. The number of halogens is 1. The van der Waals surface area contributed by atoms with E-state index in [4.69, 9.17) is 5.84 Å². The number of hydrazine groups is 1. The van der Waals surface area contributed by atoms with Crippen LogP contribution in [0.1, 0.15) is 25.2 Å². The lowest BCUT2D eigenvalue weighted by Gasteiger charge is -2.25. The van der Waals surface area contributed by atoms with E-state index in [1.54, 1.807) is 18.2 Å². The number of para-hydroxylation sites is 1. The normalized spacial score (nSPS) is 10.5. The van der Waals surface area contributed by atoms with Crippen molar-refractivity contribution in [2.45, 2.75) is 27.2 Å². The Morgan fingerprint density at radius 2 is 1.95 bits per heavy atom. The third-order valence-corrected chi connectivity index (χ3v) is 3.33. The van der Waals surface area contributed by atoms with Gasteiger partial charge in [-0.3, -0.25) is 0 Å². The van der Waals surface area contributed by atoms with Crippen molar-refractivity contribution >= 4 is 17.3 Å². The summed E-state index contributed by atoms with van der Waals surface area (Å²) in [6.07, 6.45) is 0.677. The average Bonchev–Trinajstić information content (AvgIpc) is 2.51. The van der Waals surface area contributed by atoms with Crippen LogP contribution in [0.4, 0.5) is 21.7 Å². The molecule has 1 aromatic carbocycles. The molecule has 0 saturated heterocycles. The van der Waals surface area contributed by atoms with Gasteiger partial charge >= 0.3 is 0 Å². The molecule has 3 N–H and O–H groups in total. The summed E-state index contributed by atoms with van der Waals surface area (Å²) in [4.78, 5) is 10.7. The van der Waals surface area contributed by atoms with Crippen LogP contribution in [0.15, 0.2) is 24.3 Å². The van der Waals surface area contributed by atoms with Gasteiger partial charge < -0.3 is 10.3 Å². The van der Waals surface area contributed by atoms with E-state index in [-0.39, 0.29) is 5.82 Å². The maximum absolute atomic E-state index is 14.1. The smallest absolute Gasteiger partial charge is 0.148 e. The van der Waals surface area contributed by atoms with E-state index in [2.05, 4.69) is 15.4 Å². The summed E-state index contributed by atoms with van der Waals surface area (Å²) in [6, 6.07) is 6.66. The molecule has 1 aromatic heterocycles. The van der Waals surface area contributed by atoms with Gasteiger partial charge in [0, 0.05) is 18.5 Å². The number of hydrogen-bond acceptors (Lipinski definition) is 5. The zero-order valence-corrected chi connectivity index (χ0v) is 12.5. The van der Waals surface area contributed by atoms with Gasteiger partial charge in [-0.15, -0.1) is 0 Å². The minimum atomic E-state index is -0.280. The third-order valence-electron chi connectivity index (χ3n) is 3.33. The number of rotatable bonds is 5. The lowest BCUT2D eigenvalue weighted by Crippen LogP contribution is -2.22. The second kappa shape index (κ2) is 6.49. The summed E-state index contributed by atoms with van der Waals surface area (Å²) >= 11 is 0. The third kappa shape index (κ3) is 2.95. The molecule has 0 unspecified atom stereocenters. The van der Waals surface area contributed by atoms with Crippen LogP contribution in [0.5, 0.6) is 0 Å². The van der Waals surface area contributed by atoms with Crippen molar-refractivity contribution in [3.8, 4) is 0 Å². The van der Waals surface area contributed by atoms with Crippen molar-refractivity contribution in [1.82, 2.24) is 9.97 Å². The Labute approximate surface area is 124 Å². The Kier molecular flexibility index (Phi) is 4.70. The molecule has 0 aliphatic heterocycles. The predicted molar refractivity (Wildman–Crippen MR) is 83.0 cm³/mol. The Bertz CT molecular complexity index is 629. The van der Waals surface area contributed by atoms with Crippen molar-refractivity contribution < 1.29 is 4.39 Å². The van der Waals surface area contributed by atoms with E-state index in [0.717, 1.165) is 5.56 Å². The van der Waals surface area contributed by atoms with Crippen LogP contribution in [-0.4, -0.2) is 16.5 Å². The number of hydrogen-bond donors (Lipinski definition) is 2. The maximum atomic E-state index is 14.1. The first-order chi connectivity index (χ1) is 10.1. The van der Waals surface area contributed by atoms with E-state index in [9.17, 15) is 4.39 Å². The highest BCUT2D eigenvalue weighted by atomic mass is 19.1. The molecule has 112 valence electrons. The van der Waals surface area contributed by atoms with Gasteiger partial charge in [-0.05, 0) is 26.0 Å². The summed E-state index contributed by atoms with van der Waals surface area (Å²) in [5.74, 6) is 7.14. The lowest BCUT2D eigenvalue weighted by molar-refractivity contribution is 0.625. The monoisotopic (exact) mass is 289 g/mol. The molecule has 5 nitrogen and oxygen atoms in total. The minimum absolute atomic E-state index is 0.280. The first kappa shape index (κ1) is 15.2. The van der Waals surface area contributed by atoms with E-state index >= 15 is 0 Å². The Balaban J connectivity index is 2.59. The average molecular weight is 289 g/mol. The number of benzene rings is 1. The molecular weight excluding hydrogens is 269 g/mol. The van der Waals surface area contributed by atoms with Gasteiger partial charge in [-0.1, -0.05) is 19.1 Å². The molecule has 0 radical (unpaired) electrons. The molecule has 0 aliphatic carbocycles. The summed E-state index contributed by atoms with van der Waals surface area (Å²) in [5, 5.41) is 0. The molecule has 6 heteroatoms. The van der Waals surface area contributed by atoms with E-state index < -0.39 is 0 Å². The van der Waals surface area contributed by atoms with Gasteiger partial charge in [0.2, 0.25) is 0 Å². The van der Waals surface area contributed by atoms with Crippen molar-refractivity contribution in [3.63, 3.8) is 0 Å². The van der Waals surface area contributed by atoms with E-state index in [1.807, 2.05) is 25.7 Å². The van der Waals surface area contributed by atoms with Crippen LogP contribution in [-0.2, 0) is 6.42 Å². The molecule has 2 rings (SSSR count). The molecule has 0 aliphatic rings. The van der Waals surface area contributed by atoms with Crippen molar-refractivity contribution in [3.05, 3.63) is 41.5 Å². The highest BCUT2D eigenvalue weighted by molar-refractivity contribution is 5.67. The fourth-order valence-electron chi connectivity index (χ4n) is 2.22. The Morgan fingerprint density at radius 3 is 2.52 bits per heavy atom. The molecule has 0 fully saturated rings. The quantitative estimate of drug-likeness (QED) is 0.654. The summed E-state index contributed by atoms with van der Waals surface area (Å²) in [5.41, 5.74) is 3.87. The van der Waals surface area contributed by atoms with Crippen LogP contribution in [0.3, 0.4) is 0 Å². The van der Waals surface area contributed by atoms with Gasteiger partial charge in [-0.25, -0.2) is 20.2 Å². The van der Waals surface area contributed by atoms with Crippen LogP contribution in [0.2, 0.25) is 0 Å². The number of aromatic nitrogens is 2. The van der Waals surface area contributed by atoms with Crippen molar-refractivity contribution in [2.75, 3.05) is 16.9 Å². The first-order valence-electron chi connectivity index (χ1n) is 6.98. The SMILES string of the molecule is CCc1nc(NN)c(C)c(N(CC)c2ccccc2F)n1. The van der Waals surface area contributed by atoms with Crippen LogP contribution in [0, 0.1) is 12.7 Å². The zero-order valence-electron chi connectivity index (χ0n) is 12.5. The second-order valence-electron chi connectivity index (χ2n) is 4.63. The molecule has 21 heavy (non-hydrogen) atoms.